The maximum absolute atomic E-state index is 13.2. The minimum absolute atomic E-state index is 0.121. The lowest BCUT2D eigenvalue weighted by Crippen LogP contribution is -2.33. The number of hydrogen-bond donors (Lipinski definition) is 1. The number of aliphatic carboxylic acids is 1. The predicted octanol–water partition coefficient (Wildman–Crippen LogP) is 4.67. The molecule has 6 heteroatoms. The van der Waals surface area contributed by atoms with Gasteiger partial charge in [-0.05, 0) is 82.7 Å². The van der Waals surface area contributed by atoms with Gasteiger partial charge >= 0.3 is 5.97 Å². The van der Waals surface area contributed by atoms with Crippen molar-refractivity contribution in [3.63, 3.8) is 0 Å². The van der Waals surface area contributed by atoms with Crippen molar-refractivity contribution in [2.24, 2.45) is 5.92 Å². The van der Waals surface area contributed by atoms with Gasteiger partial charge in [-0.3, -0.25) is 9.59 Å². The van der Waals surface area contributed by atoms with E-state index in [1.807, 2.05) is 32.9 Å². The van der Waals surface area contributed by atoms with Crippen LogP contribution in [0.15, 0.2) is 12.1 Å². The van der Waals surface area contributed by atoms with E-state index in [9.17, 15) is 14.7 Å². The summed E-state index contributed by atoms with van der Waals surface area (Å²) in [5.41, 5.74) is 3.49. The van der Waals surface area contributed by atoms with E-state index in [2.05, 4.69) is 18.7 Å². The van der Waals surface area contributed by atoms with Gasteiger partial charge in [0.05, 0.1) is 25.9 Å². The molecule has 1 atom stereocenters. The second-order valence-corrected chi connectivity index (χ2v) is 9.38. The van der Waals surface area contributed by atoms with Gasteiger partial charge < -0.3 is 19.5 Å². The first-order valence-electron chi connectivity index (χ1n) is 12.5. The monoisotopic (exact) mass is 461 g/mol. The van der Waals surface area contributed by atoms with Gasteiger partial charge in [-0.25, -0.2) is 0 Å². The number of ketones is 1. The van der Waals surface area contributed by atoms with Crippen LogP contribution in [-0.2, 0) is 19.1 Å². The molecule has 33 heavy (non-hydrogen) atoms. The topological polar surface area (TPSA) is 76.1 Å². The summed E-state index contributed by atoms with van der Waals surface area (Å²) in [5, 5.41) is 9.90. The molecule has 0 aliphatic heterocycles. The van der Waals surface area contributed by atoms with E-state index in [0.29, 0.717) is 38.2 Å². The van der Waals surface area contributed by atoms with Gasteiger partial charge in [-0.1, -0.05) is 31.5 Å². The molecule has 1 aromatic carbocycles. The van der Waals surface area contributed by atoms with Gasteiger partial charge in [0.25, 0.3) is 0 Å². The smallest absolute Gasteiger partial charge is 0.318 e. The Bertz CT molecular complexity index is 747. The van der Waals surface area contributed by atoms with Gasteiger partial charge in [0.15, 0.2) is 5.78 Å². The minimum Gasteiger partial charge on any atom is -0.480 e. The fraction of sp³-hybridized carbons (Fsp3) is 0.704. The van der Waals surface area contributed by atoms with Crippen molar-refractivity contribution in [2.45, 2.75) is 78.7 Å². The molecular formula is C27H43NO5. The van der Waals surface area contributed by atoms with Crippen molar-refractivity contribution in [1.29, 1.82) is 0 Å². The molecule has 0 heterocycles. The molecule has 2 rings (SSSR count). The lowest BCUT2D eigenvalue weighted by molar-refractivity contribution is -0.144. The number of carbonyl (C=O) groups excluding carboxylic acids is 1. The van der Waals surface area contributed by atoms with Gasteiger partial charge in [0.1, 0.15) is 5.92 Å². The van der Waals surface area contributed by atoms with Crippen molar-refractivity contribution in [3.8, 4) is 0 Å². The third-order valence-corrected chi connectivity index (χ3v) is 6.75. The normalized spacial score (nSPS) is 19.6. The van der Waals surface area contributed by atoms with E-state index < -0.39 is 11.9 Å². The fourth-order valence-corrected chi connectivity index (χ4v) is 5.10. The summed E-state index contributed by atoms with van der Waals surface area (Å²) in [5.74, 6) is -2.52. The van der Waals surface area contributed by atoms with E-state index in [0.717, 1.165) is 55.6 Å². The number of carbonyl (C=O) groups is 2. The number of benzene rings is 1. The number of carboxylic acid groups (broad SMARTS) is 1. The van der Waals surface area contributed by atoms with Crippen LogP contribution in [0.2, 0.25) is 0 Å². The summed E-state index contributed by atoms with van der Waals surface area (Å²) in [4.78, 5) is 27.7. The Balaban J connectivity index is 1.79. The molecule has 0 amide bonds. The van der Waals surface area contributed by atoms with Crippen molar-refractivity contribution < 1.29 is 24.2 Å². The van der Waals surface area contributed by atoms with Crippen LogP contribution in [0.4, 0.5) is 0 Å². The molecule has 1 fully saturated rings. The second-order valence-electron chi connectivity index (χ2n) is 9.38. The first-order valence-corrected chi connectivity index (χ1v) is 12.5. The lowest BCUT2D eigenvalue weighted by atomic mass is 9.76. The predicted molar refractivity (Wildman–Crippen MR) is 131 cm³/mol. The number of Topliss-reactive ketones (excluding diaryl/α,β-unsaturated/α-hetero) is 1. The zero-order valence-electron chi connectivity index (χ0n) is 21.2. The molecule has 1 N–H and O–H groups in total. The van der Waals surface area contributed by atoms with Gasteiger partial charge in [0, 0.05) is 12.5 Å². The summed E-state index contributed by atoms with van der Waals surface area (Å²) >= 11 is 0. The van der Waals surface area contributed by atoms with E-state index in [4.69, 9.17) is 9.47 Å². The molecule has 0 saturated heterocycles. The first kappa shape index (κ1) is 27.5. The Kier molecular flexibility index (Phi) is 11.5. The quantitative estimate of drug-likeness (QED) is 0.320. The highest BCUT2D eigenvalue weighted by Crippen LogP contribution is 2.34. The van der Waals surface area contributed by atoms with Crippen molar-refractivity contribution >= 4 is 11.8 Å². The maximum atomic E-state index is 13.2. The second kappa shape index (κ2) is 13.8. The van der Waals surface area contributed by atoms with Crippen LogP contribution in [0.1, 0.15) is 74.1 Å². The number of ether oxygens (including phenoxy) is 2. The van der Waals surface area contributed by atoms with Crippen molar-refractivity contribution in [1.82, 2.24) is 4.90 Å². The Morgan fingerprint density at radius 2 is 1.64 bits per heavy atom. The largest absolute Gasteiger partial charge is 0.480 e. The number of likely N-dealkylation sites (N-methyl/N-ethyl adjacent to an activating group) is 1. The molecule has 1 saturated carbocycles. The van der Waals surface area contributed by atoms with Crippen molar-refractivity contribution in [3.05, 3.63) is 34.4 Å². The highest BCUT2D eigenvalue weighted by molar-refractivity contribution is 6.05. The van der Waals surface area contributed by atoms with Crippen molar-refractivity contribution in [2.75, 3.05) is 39.5 Å². The van der Waals surface area contributed by atoms with Gasteiger partial charge in [0.2, 0.25) is 0 Å². The number of carboxylic acids is 1. The van der Waals surface area contributed by atoms with Crippen LogP contribution in [0, 0.1) is 26.7 Å². The summed E-state index contributed by atoms with van der Waals surface area (Å²) in [7, 11) is 0. The average molecular weight is 462 g/mol. The summed E-state index contributed by atoms with van der Waals surface area (Å²) in [6.45, 7) is 15.1. The third-order valence-electron chi connectivity index (χ3n) is 6.75. The van der Waals surface area contributed by atoms with E-state index in [1.165, 1.54) is 0 Å². The highest BCUT2D eigenvalue weighted by atomic mass is 16.5. The van der Waals surface area contributed by atoms with E-state index in [1.54, 1.807) is 0 Å². The van der Waals surface area contributed by atoms with Crippen LogP contribution in [0.3, 0.4) is 0 Å². The zero-order valence-corrected chi connectivity index (χ0v) is 21.2. The Morgan fingerprint density at radius 1 is 1.00 bits per heavy atom. The Hall–Kier alpha value is -1.76. The summed E-state index contributed by atoms with van der Waals surface area (Å²) < 4.78 is 11.7. The maximum Gasteiger partial charge on any atom is 0.318 e. The number of nitrogens with zero attached hydrogens (tertiary/aromatic N) is 1. The van der Waals surface area contributed by atoms with Crippen LogP contribution < -0.4 is 0 Å². The number of aryl methyl sites for hydroxylation is 3. The fourth-order valence-electron chi connectivity index (χ4n) is 5.10. The molecule has 186 valence electrons. The molecule has 1 aliphatic rings. The average Bonchev–Trinajstić information content (AvgIpc) is 2.77. The van der Waals surface area contributed by atoms with Crippen LogP contribution in [-0.4, -0.2) is 67.3 Å². The lowest BCUT2D eigenvalue weighted by Gasteiger charge is -2.30. The van der Waals surface area contributed by atoms with Gasteiger partial charge in [-0.15, -0.1) is 0 Å². The molecule has 1 aromatic rings. The van der Waals surface area contributed by atoms with Gasteiger partial charge in [-0.2, -0.15) is 0 Å². The molecule has 0 spiro atoms. The van der Waals surface area contributed by atoms with Crippen LogP contribution in [0.25, 0.3) is 0 Å². The molecule has 0 radical (unpaired) electrons. The molecule has 0 aromatic heterocycles. The molecule has 6 nitrogen and oxygen atoms in total. The Morgan fingerprint density at radius 3 is 2.18 bits per heavy atom. The van der Waals surface area contributed by atoms with Crippen LogP contribution >= 0.6 is 0 Å². The molecule has 0 bridgehead atoms. The summed E-state index contributed by atoms with van der Waals surface area (Å²) in [6, 6.07) is 3.92. The molecule has 1 unspecified atom stereocenters. The third kappa shape index (κ3) is 8.20. The van der Waals surface area contributed by atoms with E-state index in [-0.39, 0.29) is 17.8 Å². The molecule has 1 aliphatic carbocycles. The highest BCUT2D eigenvalue weighted by Gasteiger charge is 2.37. The Labute approximate surface area is 199 Å². The zero-order chi connectivity index (χ0) is 24.4. The number of hydrogen-bond acceptors (Lipinski definition) is 5. The number of rotatable bonds is 14. The summed E-state index contributed by atoms with van der Waals surface area (Å²) in [6.07, 6.45) is 4.21. The minimum atomic E-state index is -1.09. The molecular weight excluding hydrogens is 418 g/mol. The van der Waals surface area contributed by atoms with Crippen LogP contribution in [0.5, 0.6) is 0 Å². The SMILES string of the molecule is CCCN(CC)CCOCCOC1CCC(C(=O)C(C(=O)O)c2c(C)cc(C)cc2C)CC1. The standard InChI is InChI=1S/C27H43NO5/c1-6-12-28(7-2)13-14-32-15-16-33-23-10-8-22(9-11-23)26(29)25(27(30)31)24-20(4)17-19(3)18-21(24)5/h17-18,22-23,25H,6-16H2,1-5H3,(H,30,31). The first-order chi connectivity index (χ1) is 15.8. The van der Waals surface area contributed by atoms with E-state index >= 15 is 0 Å².